The van der Waals surface area contributed by atoms with Crippen LogP contribution in [0.1, 0.15) is 176 Å². The van der Waals surface area contributed by atoms with Crippen LogP contribution in [0.25, 0.3) is 0 Å². The van der Waals surface area contributed by atoms with Gasteiger partial charge in [0, 0.05) is 12.8 Å². The van der Waals surface area contributed by atoms with Crippen LogP contribution in [0.2, 0.25) is 0 Å². The Kier molecular flexibility index (Phi) is 10.1. The van der Waals surface area contributed by atoms with E-state index in [0.29, 0.717) is 23.9 Å². The third-order valence-electron chi connectivity index (χ3n) is 11.3. The molecule has 45 heavy (non-hydrogen) atoms. The van der Waals surface area contributed by atoms with Crippen molar-refractivity contribution in [3.8, 4) is 11.5 Å². The third kappa shape index (κ3) is 6.12. The van der Waals surface area contributed by atoms with Crippen LogP contribution >= 0.6 is 0 Å². The van der Waals surface area contributed by atoms with Gasteiger partial charge >= 0.3 is 6.03 Å². The van der Waals surface area contributed by atoms with Gasteiger partial charge in [-0.05, 0) is 98.6 Å². The van der Waals surface area contributed by atoms with Crippen LogP contribution in [0.15, 0.2) is 24.3 Å². The first-order valence-corrected chi connectivity index (χ1v) is 18.9. The van der Waals surface area contributed by atoms with Gasteiger partial charge in [-0.15, -0.1) is 0 Å². The molecule has 2 atom stereocenters. The van der Waals surface area contributed by atoms with E-state index in [-0.39, 0.29) is 0 Å². The Morgan fingerprint density at radius 1 is 0.622 bits per heavy atom. The lowest BCUT2D eigenvalue weighted by Gasteiger charge is -2.30. The zero-order valence-electron chi connectivity index (χ0n) is 29.3. The molecule has 0 aromatic heterocycles. The molecule has 0 N–H and O–H groups in total. The SMILES string of the molecule is CCCCC(CCCC)c1cc(C)c2c(c1)C=[N+]1C3CCCCC3[N+]3=Cc4cc(C(CCCC)CCCC)cc(C)c4OC13O2. The minimum absolute atomic E-state index is 0.388. The highest BCUT2D eigenvalue weighted by atomic mass is 16.7. The number of aryl methyl sites for hydroxylation is 2. The second-order valence-corrected chi connectivity index (χ2v) is 14.7. The molecule has 1 aliphatic carbocycles. The summed E-state index contributed by atoms with van der Waals surface area (Å²) >= 11 is 0. The first-order chi connectivity index (χ1) is 21.9. The van der Waals surface area contributed by atoms with Crippen LogP contribution in [0, 0.1) is 13.8 Å². The van der Waals surface area contributed by atoms with Crippen molar-refractivity contribution < 1.29 is 18.6 Å². The van der Waals surface area contributed by atoms with Gasteiger partial charge in [0.25, 0.3) is 0 Å². The van der Waals surface area contributed by atoms with Crippen molar-refractivity contribution in [1.29, 1.82) is 0 Å². The minimum atomic E-state index is -0.953. The number of unbranched alkanes of at least 4 members (excludes halogenated alkanes) is 4. The number of ether oxygens (including phenoxy) is 2. The van der Waals surface area contributed by atoms with Gasteiger partial charge in [0.1, 0.15) is 0 Å². The zero-order chi connectivity index (χ0) is 31.6. The average Bonchev–Trinajstić information content (AvgIpc) is 3.32. The van der Waals surface area contributed by atoms with Gasteiger partial charge < -0.3 is 9.47 Å². The molecule has 2 aromatic carbocycles. The summed E-state index contributed by atoms with van der Waals surface area (Å²) < 4.78 is 19.4. The Labute approximate surface area is 273 Å². The zero-order valence-corrected chi connectivity index (χ0v) is 29.3. The van der Waals surface area contributed by atoms with Gasteiger partial charge in [0.15, 0.2) is 23.9 Å². The number of hydrogen-bond acceptors (Lipinski definition) is 2. The summed E-state index contributed by atoms with van der Waals surface area (Å²) in [5.74, 6) is 3.23. The van der Waals surface area contributed by atoms with Crippen LogP contribution in [-0.2, 0) is 0 Å². The summed E-state index contributed by atoms with van der Waals surface area (Å²) in [6.45, 7) is 13.8. The lowest BCUT2D eigenvalue weighted by Crippen LogP contribution is -2.60. The molecular formula is C41H60N2O2+2. The Morgan fingerprint density at radius 3 is 1.36 bits per heavy atom. The van der Waals surface area contributed by atoms with Crippen molar-refractivity contribution in [3.05, 3.63) is 57.6 Å². The largest absolute Gasteiger partial charge is 0.704 e. The van der Waals surface area contributed by atoms with Crippen molar-refractivity contribution in [2.75, 3.05) is 0 Å². The van der Waals surface area contributed by atoms with E-state index in [9.17, 15) is 0 Å². The van der Waals surface area contributed by atoms with Gasteiger partial charge in [0.05, 0.1) is 11.1 Å². The van der Waals surface area contributed by atoms with E-state index in [4.69, 9.17) is 9.47 Å². The molecule has 0 radical (unpaired) electrons. The third-order valence-corrected chi connectivity index (χ3v) is 11.3. The van der Waals surface area contributed by atoms with Gasteiger partial charge in [-0.2, -0.15) is 0 Å². The Hall–Kier alpha value is -2.62. The highest BCUT2D eigenvalue weighted by Crippen LogP contribution is 2.47. The highest BCUT2D eigenvalue weighted by Gasteiger charge is 2.76. The van der Waals surface area contributed by atoms with Gasteiger partial charge in [-0.1, -0.05) is 100 Å². The topological polar surface area (TPSA) is 24.5 Å². The van der Waals surface area contributed by atoms with Crippen molar-refractivity contribution in [3.63, 3.8) is 0 Å². The smallest absolute Gasteiger partial charge is 0.340 e. The second kappa shape index (κ2) is 14.0. The Bertz CT molecular complexity index is 1300. The first kappa shape index (κ1) is 32.3. The maximum absolute atomic E-state index is 7.23. The molecule has 3 aliphatic heterocycles. The fraction of sp³-hybridized carbons (Fsp3) is 0.659. The predicted molar refractivity (Wildman–Crippen MR) is 187 cm³/mol. The van der Waals surface area contributed by atoms with Gasteiger partial charge in [-0.3, -0.25) is 0 Å². The van der Waals surface area contributed by atoms with E-state index in [2.05, 4.69) is 87.4 Å². The molecule has 2 fully saturated rings. The van der Waals surface area contributed by atoms with Crippen LogP contribution in [0.3, 0.4) is 0 Å². The summed E-state index contributed by atoms with van der Waals surface area (Å²) in [6, 6.07) is 9.58. The Balaban J connectivity index is 1.41. The molecule has 2 aromatic rings. The second-order valence-electron chi connectivity index (χ2n) is 14.7. The van der Waals surface area contributed by atoms with E-state index in [1.807, 2.05) is 0 Å². The molecule has 4 aliphatic rings. The summed E-state index contributed by atoms with van der Waals surface area (Å²) in [4.78, 5) is 0. The maximum Gasteiger partial charge on any atom is 0.704 e. The summed E-state index contributed by atoms with van der Waals surface area (Å²) in [7, 11) is 0. The quantitative estimate of drug-likeness (QED) is 0.198. The average molecular weight is 613 g/mol. The molecule has 244 valence electrons. The molecule has 2 unspecified atom stereocenters. The number of rotatable bonds is 14. The lowest BCUT2D eigenvalue weighted by molar-refractivity contribution is -0.866. The number of benzene rings is 2. The van der Waals surface area contributed by atoms with Crippen molar-refractivity contribution in [2.24, 2.45) is 0 Å². The fourth-order valence-corrected chi connectivity index (χ4v) is 8.80. The molecule has 4 nitrogen and oxygen atoms in total. The summed E-state index contributed by atoms with van der Waals surface area (Å²) in [6.07, 6.45) is 25.0. The van der Waals surface area contributed by atoms with Gasteiger partial charge in [0.2, 0.25) is 12.1 Å². The maximum atomic E-state index is 7.23. The molecule has 1 saturated carbocycles. The van der Waals surface area contributed by atoms with Crippen molar-refractivity contribution in [2.45, 2.75) is 174 Å². The number of nitrogens with zero attached hydrogens (tertiary/aromatic N) is 2. The van der Waals surface area contributed by atoms with E-state index in [1.165, 1.54) is 136 Å². The molecule has 1 spiro atoms. The van der Waals surface area contributed by atoms with Crippen LogP contribution in [0.5, 0.6) is 11.5 Å². The normalized spacial score (nSPS) is 22.9. The van der Waals surface area contributed by atoms with Crippen LogP contribution in [0.4, 0.5) is 0 Å². The van der Waals surface area contributed by atoms with E-state index in [1.54, 1.807) is 0 Å². The first-order valence-electron chi connectivity index (χ1n) is 18.9. The van der Waals surface area contributed by atoms with Crippen LogP contribution < -0.4 is 9.47 Å². The molecular weight excluding hydrogens is 552 g/mol. The standard InChI is InChI=1S/C41H60N2O2/c1-7-11-17-31(18-12-8-2)33-23-29(5)39-35(25-33)27-42-37-21-15-16-22-38(37)43-28-36-26-34(32(19-13-9-3)20-14-10-4)24-30(6)40(36)45-41(42,43)44-39/h23-28,31-32,37-38H,7-22H2,1-6H3/q+2. The monoisotopic (exact) mass is 612 g/mol. The fourth-order valence-electron chi connectivity index (χ4n) is 8.80. The molecule has 4 heteroatoms. The van der Waals surface area contributed by atoms with Crippen molar-refractivity contribution in [1.82, 2.24) is 0 Å². The number of fused-ring (bicyclic) bond motifs is 5. The number of hydrogen-bond donors (Lipinski definition) is 0. The predicted octanol–water partition coefficient (Wildman–Crippen LogP) is 10.5. The van der Waals surface area contributed by atoms with Crippen LogP contribution in [-0.4, -0.2) is 39.7 Å². The van der Waals surface area contributed by atoms with Gasteiger partial charge in [-0.25, -0.2) is 0 Å². The van der Waals surface area contributed by atoms with E-state index >= 15 is 0 Å². The van der Waals surface area contributed by atoms with E-state index in [0.717, 1.165) is 11.5 Å². The Morgan fingerprint density at radius 2 is 1.00 bits per heavy atom. The molecule has 0 bridgehead atoms. The minimum Gasteiger partial charge on any atom is -0.340 e. The summed E-state index contributed by atoms with van der Waals surface area (Å²) in [5.41, 5.74) is 7.91. The van der Waals surface area contributed by atoms with Crippen molar-refractivity contribution >= 4 is 12.4 Å². The molecule has 1 saturated heterocycles. The molecule has 6 rings (SSSR count). The molecule has 3 heterocycles. The lowest BCUT2D eigenvalue weighted by atomic mass is 9.87. The molecule has 0 amide bonds. The van der Waals surface area contributed by atoms with E-state index < -0.39 is 6.03 Å². The summed E-state index contributed by atoms with van der Waals surface area (Å²) in [5, 5.41) is 0. The highest BCUT2D eigenvalue weighted by molar-refractivity contribution is 5.84.